The van der Waals surface area contributed by atoms with Crippen molar-refractivity contribution in [2.24, 2.45) is 0 Å². The number of halogens is 1. The lowest BCUT2D eigenvalue weighted by atomic mass is 10.3. The van der Waals surface area contributed by atoms with Gasteiger partial charge in [-0.3, -0.25) is 0 Å². The molecule has 3 aromatic rings. The summed E-state index contributed by atoms with van der Waals surface area (Å²) in [5.74, 6) is -0.558. The number of hydrogen-bond acceptors (Lipinski definition) is 5. The first-order chi connectivity index (χ1) is 12.8. The first-order valence-electron chi connectivity index (χ1n) is 7.88. The molecule has 142 valence electrons. The van der Waals surface area contributed by atoms with Crippen LogP contribution in [0.25, 0.3) is 0 Å². The fraction of sp³-hybridized carbons (Fsp3) is 0.111. The Kier molecular flexibility index (Phi) is 5.75. The van der Waals surface area contributed by atoms with Crippen LogP contribution in [0.5, 0.6) is 0 Å². The number of thiophene rings is 1. The third-order valence-electron chi connectivity index (χ3n) is 3.89. The summed E-state index contributed by atoms with van der Waals surface area (Å²) in [5.41, 5.74) is 0. The van der Waals surface area contributed by atoms with Crippen LogP contribution < -0.4 is 4.72 Å². The second-order valence-electron chi connectivity index (χ2n) is 5.67. The summed E-state index contributed by atoms with van der Waals surface area (Å²) in [7, 11) is -7.79. The van der Waals surface area contributed by atoms with Crippen molar-refractivity contribution in [1.29, 1.82) is 0 Å². The second-order valence-corrected chi connectivity index (χ2v) is 10.5. The number of nitrogens with one attached hydrogen (secondary N) is 1. The molecule has 2 aromatic carbocycles. The van der Waals surface area contributed by atoms with E-state index in [2.05, 4.69) is 4.72 Å². The van der Waals surface area contributed by atoms with Crippen LogP contribution in [0.15, 0.2) is 81.9 Å². The molecule has 0 aliphatic rings. The van der Waals surface area contributed by atoms with Gasteiger partial charge in [0.05, 0.1) is 9.79 Å². The minimum Gasteiger partial charge on any atom is -0.223 e. The van der Waals surface area contributed by atoms with E-state index < -0.39 is 30.9 Å². The second kappa shape index (κ2) is 7.89. The molecule has 0 bridgehead atoms. The first kappa shape index (κ1) is 19.7. The molecule has 1 N–H and O–H groups in total. The first-order valence-corrected chi connectivity index (χ1v) is 11.8. The maximum atomic E-state index is 13.1. The molecule has 27 heavy (non-hydrogen) atoms. The minimum atomic E-state index is -3.98. The Morgan fingerprint density at radius 1 is 0.852 bits per heavy atom. The fourth-order valence-electron chi connectivity index (χ4n) is 2.49. The molecule has 1 atom stereocenters. The smallest absolute Gasteiger partial charge is 0.223 e. The highest BCUT2D eigenvalue weighted by Crippen LogP contribution is 2.31. The van der Waals surface area contributed by atoms with E-state index in [9.17, 15) is 21.2 Å². The molecule has 0 aliphatic heterocycles. The van der Waals surface area contributed by atoms with E-state index in [0.717, 1.165) is 24.3 Å². The Morgan fingerprint density at radius 2 is 1.52 bits per heavy atom. The van der Waals surface area contributed by atoms with Crippen LogP contribution in [0.2, 0.25) is 0 Å². The average Bonchev–Trinajstić information content (AvgIpc) is 3.17. The van der Waals surface area contributed by atoms with Crippen molar-refractivity contribution in [2.75, 3.05) is 6.54 Å². The molecule has 0 saturated carbocycles. The third kappa shape index (κ3) is 4.44. The normalized spacial score (nSPS) is 13.4. The lowest BCUT2D eigenvalue weighted by Crippen LogP contribution is -2.31. The Bertz CT molecular complexity index is 1100. The number of sulfone groups is 1. The van der Waals surface area contributed by atoms with Gasteiger partial charge in [0.25, 0.3) is 0 Å². The van der Waals surface area contributed by atoms with Crippen molar-refractivity contribution in [3.8, 4) is 0 Å². The Balaban J connectivity index is 1.91. The highest BCUT2D eigenvalue weighted by Gasteiger charge is 2.31. The van der Waals surface area contributed by atoms with E-state index in [-0.39, 0.29) is 16.3 Å². The summed E-state index contributed by atoms with van der Waals surface area (Å²) in [4.78, 5) is 0.510. The average molecular weight is 426 g/mol. The van der Waals surface area contributed by atoms with Crippen LogP contribution >= 0.6 is 11.3 Å². The lowest BCUT2D eigenvalue weighted by molar-refractivity contribution is 0.569. The van der Waals surface area contributed by atoms with E-state index in [1.807, 2.05) is 0 Å². The summed E-state index contributed by atoms with van der Waals surface area (Å²) >= 11 is 1.24. The van der Waals surface area contributed by atoms with Gasteiger partial charge in [0.1, 0.15) is 11.1 Å². The van der Waals surface area contributed by atoms with E-state index in [1.54, 1.807) is 35.7 Å². The molecule has 0 spiro atoms. The monoisotopic (exact) mass is 425 g/mol. The van der Waals surface area contributed by atoms with Gasteiger partial charge < -0.3 is 0 Å². The van der Waals surface area contributed by atoms with Crippen LogP contribution in [-0.2, 0) is 19.9 Å². The van der Waals surface area contributed by atoms with Crippen LogP contribution in [0.4, 0.5) is 4.39 Å². The molecule has 3 rings (SSSR count). The van der Waals surface area contributed by atoms with Crippen molar-refractivity contribution in [2.45, 2.75) is 15.0 Å². The number of rotatable bonds is 7. The van der Waals surface area contributed by atoms with Crippen LogP contribution in [0.3, 0.4) is 0 Å². The molecule has 0 saturated heterocycles. The van der Waals surface area contributed by atoms with Crippen molar-refractivity contribution in [1.82, 2.24) is 4.72 Å². The molecule has 0 fully saturated rings. The van der Waals surface area contributed by atoms with Crippen molar-refractivity contribution < 1.29 is 21.2 Å². The number of sulfonamides is 1. The molecule has 0 aliphatic carbocycles. The van der Waals surface area contributed by atoms with Crippen molar-refractivity contribution in [3.63, 3.8) is 0 Å². The zero-order valence-electron chi connectivity index (χ0n) is 13.9. The summed E-state index contributed by atoms with van der Waals surface area (Å²) in [6.45, 7) is -0.336. The molecule has 1 heterocycles. The van der Waals surface area contributed by atoms with Gasteiger partial charge in [0.15, 0.2) is 9.84 Å². The van der Waals surface area contributed by atoms with Crippen LogP contribution in [0.1, 0.15) is 10.1 Å². The highest BCUT2D eigenvalue weighted by atomic mass is 32.2. The molecular formula is C18H16FNO4S3. The van der Waals surface area contributed by atoms with Gasteiger partial charge in [-0.05, 0) is 47.8 Å². The molecule has 9 heteroatoms. The molecule has 0 unspecified atom stereocenters. The molecule has 0 radical (unpaired) electrons. The SMILES string of the molecule is O=S(=O)(NC[C@H](c1cccs1)S(=O)(=O)c1ccccc1)c1ccc(F)cc1. The van der Waals surface area contributed by atoms with Gasteiger partial charge >= 0.3 is 0 Å². The summed E-state index contributed by atoms with van der Waals surface area (Å²) in [5, 5.41) is 0.659. The van der Waals surface area contributed by atoms with Gasteiger partial charge in [-0.25, -0.2) is 25.9 Å². The van der Waals surface area contributed by atoms with Gasteiger partial charge in [-0.1, -0.05) is 24.3 Å². The van der Waals surface area contributed by atoms with Gasteiger partial charge in [-0.15, -0.1) is 11.3 Å². The number of hydrogen-bond donors (Lipinski definition) is 1. The van der Waals surface area contributed by atoms with Gasteiger partial charge in [0, 0.05) is 11.4 Å². The summed E-state index contributed by atoms with van der Waals surface area (Å²) in [6.07, 6.45) is 0. The maximum Gasteiger partial charge on any atom is 0.240 e. The summed E-state index contributed by atoms with van der Waals surface area (Å²) in [6, 6.07) is 15.6. The molecule has 1 aromatic heterocycles. The van der Waals surface area contributed by atoms with Crippen molar-refractivity contribution >= 4 is 31.2 Å². The Hall–Kier alpha value is -2.07. The number of benzene rings is 2. The Morgan fingerprint density at radius 3 is 2.11 bits per heavy atom. The predicted molar refractivity (Wildman–Crippen MR) is 102 cm³/mol. The Labute approximate surface area is 161 Å². The van der Waals surface area contributed by atoms with E-state index in [4.69, 9.17) is 0 Å². The third-order valence-corrected chi connectivity index (χ3v) is 8.56. The van der Waals surface area contributed by atoms with Crippen LogP contribution in [0, 0.1) is 5.82 Å². The standard InChI is InChI=1S/C18H16FNO4S3/c19-14-8-10-16(11-9-14)27(23,24)20-13-18(17-7-4-12-25-17)26(21,22)15-5-2-1-3-6-15/h1-12,18,20H,13H2/t18-/m1/s1. The quantitative estimate of drug-likeness (QED) is 0.629. The lowest BCUT2D eigenvalue weighted by Gasteiger charge is -2.17. The topological polar surface area (TPSA) is 80.3 Å². The molecule has 0 amide bonds. The largest absolute Gasteiger partial charge is 0.240 e. The van der Waals surface area contributed by atoms with E-state index >= 15 is 0 Å². The van der Waals surface area contributed by atoms with E-state index in [0.29, 0.717) is 4.88 Å². The zero-order valence-corrected chi connectivity index (χ0v) is 16.4. The summed E-state index contributed by atoms with van der Waals surface area (Å²) < 4.78 is 66.4. The fourth-order valence-corrected chi connectivity index (χ4v) is 6.45. The van der Waals surface area contributed by atoms with Gasteiger partial charge in [0.2, 0.25) is 10.0 Å². The van der Waals surface area contributed by atoms with Crippen molar-refractivity contribution in [3.05, 3.63) is 82.8 Å². The zero-order chi connectivity index (χ0) is 19.5. The van der Waals surface area contributed by atoms with Gasteiger partial charge in [-0.2, -0.15) is 0 Å². The highest BCUT2D eigenvalue weighted by molar-refractivity contribution is 7.92. The minimum absolute atomic E-state index is 0.115. The predicted octanol–water partition coefficient (Wildman–Crippen LogP) is 3.38. The molecule has 5 nitrogen and oxygen atoms in total. The maximum absolute atomic E-state index is 13.1. The van der Waals surface area contributed by atoms with Crippen LogP contribution in [-0.4, -0.2) is 23.4 Å². The molecular weight excluding hydrogens is 409 g/mol. The van der Waals surface area contributed by atoms with E-state index in [1.165, 1.54) is 23.5 Å².